The minimum absolute atomic E-state index is 0.213. The molecule has 1 aromatic heterocycles. The second kappa shape index (κ2) is 3.38. The standard InChI is InChI=1S/C8H10ClF3N2O/c1-7(2,15)4-5(8(10,11)12)13-14(3)6(4)9/h15H,1-3H3. The highest BCUT2D eigenvalue weighted by Crippen LogP contribution is 2.39. The Labute approximate surface area is 89.5 Å². The van der Waals surface area contributed by atoms with Crippen molar-refractivity contribution in [1.29, 1.82) is 0 Å². The van der Waals surface area contributed by atoms with Crippen molar-refractivity contribution in [2.24, 2.45) is 7.05 Å². The molecule has 0 saturated carbocycles. The molecule has 7 heteroatoms. The van der Waals surface area contributed by atoms with E-state index in [0.717, 1.165) is 4.68 Å². The van der Waals surface area contributed by atoms with Gasteiger partial charge in [0, 0.05) is 7.05 Å². The lowest BCUT2D eigenvalue weighted by Crippen LogP contribution is -2.21. The monoisotopic (exact) mass is 242 g/mol. The molecule has 0 aliphatic heterocycles. The summed E-state index contributed by atoms with van der Waals surface area (Å²) in [4.78, 5) is 0. The molecule has 0 bridgehead atoms. The van der Waals surface area contributed by atoms with Crippen LogP contribution in [0, 0.1) is 0 Å². The lowest BCUT2D eigenvalue weighted by molar-refractivity contribution is -0.144. The van der Waals surface area contributed by atoms with Gasteiger partial charge in [0.1, 0.15) is 5.15 Å². The number of halogens is 4. The van der Waals surface area contributed by atoms with Crippen molar-refractivity contribution in [3.05, 3.63) is 16.4 Å². The molecule has 15 heavy (non-hydrogen) atoms. The second-order valence-corrected chi connectivity index (χ2v) is 4.05. The first-order valence-corrected chi connectivity index (χ1v) is 4.45. The van der Waals surface area contributed by atoms with Crippen LogP contribution in [0.4, 0.5) is 13.2 Å². The molecule has 0 aliphatic carbocycles. The highest BCUT2D eigenvalue weighted by Gasteiger charge is 2.42. The van der Waals surface area contributed by atoms with E-state index in [9.17, 15) is 18.3 Å². The average Bonchev–Trinajstić information content (AvgIpc) is 2.25. The van der Waals surface area contributed by atoms with E-state index in [-0.39, 0.29) is 5.15 Å². The summed E-state index contributed by atoms with van der Waals surface area (Å²) in [6, 6.07) is 0. The molecule has 0 fully saturated rings. The average molecular weight is 243 g/mol. The van der Waals surface area contributed by atoms with E-state index in [1.165, 1.54) is 20.9 Å². The van der Waals surface area contributed by atoms with Gasteiger partial charge in [0.25, 0.3) is 0 Å². The highest BCUT2D eigenvalue weighted by molar-refractivity contribution is 6.30. The maximum Gasteiger partial charge on any atom is 0.435 e. The third-order valence-corrected chi connectivity index (χ3v) is 2.29. The number of aliphatic hydroxyl groups is 1. The zero-order valence-corrected chi connectivity index (χ0v) is 9.11. The first-order chi connectivity index (χ1) is 6.55. The predicted molar refractivity (Wildman–Crippen MR) is 48.5 cm³/mol. The molecule has 86 valence electrons. The molecule has 0 aliphatic rings. The van der Waals surface area contributed by atoms with Crippen LogP contribution in [0.15, 0.2) is 0 Å². The summed E-state index contributed by atoms with van der Waals surface area (Å²) < 4.78 is 38.5. The summed E-state index contributed by atoms with van der Waals surface area (Å²) in [7, 11) is 1.28. The van der Waals surface area contributed by atoms with Crippen LogP contribution >= 0.6 is 11.6 Å². The largest absolute Gasteiger partial charge is 0.435 e. The summed E-state index contributed by atoms with van der Waals surface area (Å²) in [5.74, 6) is 0. The third kappa shape index (κ3) is 2.26. The second-order valence-electron chi connectivity index (χ2n) is 3.69. The molecule has 1 heterocycles. The Hall–Kier alpha value is -0.750. The van der Waals surface area contributed by atoms with Crippen molar-refractivity contribution in [1.82, 2.24) is 9.78 Å². The van der Waals surface area contributed by atoms with Crippen molar-refractivity contribution in [3.63, 3.8) is 0 Å². The normalized spacial score (nSPS) is 13.3. The number of hydrogen-bond donors (Lipinski definition) is 1. The van der Waals surface area contributed by atoms with Gasteiger partial charge in [-0.05, 0) is 13.8 Å². The predicted octanol–water partition coefficient (Wildman–Crippen LogP) is 2.32. The number of hydrogen-bond acceptors (Lipinski definition) is 2. The fraction of sp³-hybridized carbons (Fsp3) is 0.625. The minimum atomic E-state index is -4.62. The summed E-state index contributed by atoms with van der Waals surface area (Å²) >= 11 is 5.65. The van der Waals surface area contributed by atoms with E-state index >= 15 is 0 Å². The smallest absolute Gasteiger partial charge is 0.386 e. The minimum Gasteiger partial charge on any atom is -0.386 e. The van der Waals surface area contributed by atoms with Gasteiger partial charge in [-0.3, -0.25) is 4.68 Å². The van der Waals surface area contributed by atoms with Gasteiger partial charge < -0.3 is 5.11 Å². The summed E-state index contributed by atoms with van der Waals surface area (Å²) in [6.45, 7) is 2.45. The first-order valence-electron chi connectivity index (χ1n) is 4.07. The number of aryl methyl sites for hydroxylation is 1. The molecular formula is C8H10ClF3N2O. The fourth-order valence-corrected chi connectivity index (χ4v) is 1.60. The topological polar surface area (TPSA) is 38.0 Å². The maximum absolute atomic E-state index is 12.5. The van der Waals surface area contributed by atoms with E-state index < -0.39 is 23.0 Å². The molecule has 1 aromatic rings. The Morgan fingerprint density at radius 3 is 2.07 bits per heavy atom. The van der Waals surface area contributed by atoms with Gasteiger partial charge in [-0.1, -0.05) is 11.6 Å². The quantitative estimate of drug-likeness (QED) is 0.821. The highest BCUT2D eigenvalue weighted by atomic mass is 35.5. The van der Waals surface area contributed by atoms with Gasteiger partial charge in [0.15, 0.2) is 5.69 Å². The first kappa shape index (κ1) is 12.3. The van der Waals surface area contributed by atoms with Crippen LogP contribution in [0.2, 0.25) is 5.15 Å². The van der Waals surface area contributed by atoms with Gasteiger partial charge >= 0.3 is 6.18 Å². The molecule has 0 amide bonds. The Balaban J connectivity index is 3.48. The third-order valence-electron chi connectivity index (χ3n) is 1.86. The van der Waals surface area contributed by atoms with Crippen LogP contribution in [0.25, 0.3) is 0 Å². The number of nitrogens with zero attached hydrogens (tertiary/aromatic N) is 2. The molecule has 0 aromatic carbocycles. The van der Waals surface area contributed by atoms with E-state index in [4.69, 9.17) is 11.6 Å². The number of aromatic nitrogens is 2. The van der Waals surface area contributed by atoms with Crippen molar-refractivity contribution in [2.75, 3.05) is 0 Å². The van der Waals surface area contributed by atoms with Crippen molar-refractivity contribution >= 4 is 11.6 Å². The van der Waals surface area contributed by atoms with Gasteiger partial charge in [-0.25, -0.2) is 0 Å². The Morgan fingerprint density at radius 1 is 1.33 bits per heavy atom. The van der Waals surface area contributed by atoms with E-state index in [1.807, 2.05) is 0 Å². The van der Waals surface area contributed by atoms with Crippen LogP contribution in [0.3, 0.4) is 0 Å². The molecule has 0 atom stereocenters. The van der Waals surface area contributed by atoms with Gasteiger partial charge in [-0.2, -0.15) is 18.3 Å². The summed E-state index contributed by atoms with van der Waals surface area (Å²) in [5.41, 5.74) is -3.24. The number of alkyl halides is 3. The molecule has 0 unspecified atom stereocenters. The van der Waals surface area contributed by atoms with E-state index in [2.05, 4.69) is 5.10 Å². The molecule has 0 saturated heterocycles. The van der Waals surface area contributed by atoms with Crippen molar-refractivity contribution in [3.8, 4) is 0 Å². The summed E-state index contributed by atoms with van der Waals surface area (Å²) in [6.07, 6.45) is -4.62. The molecule has 3 nitrogen and oxygen atoms in total. The SMILES string of the molecule is Cn1nc(C(F)(F)F)c(C(C)(C)O)c1Cl. The zero-order valence-electron chi connectivity index (χ0n) is 8.35. The molecule has 1 N–H and O–H groups in total. The lowest BCUT2D eigenvalue weighted by atomic mass is 9.99. The maximum atomic E-state index is 12.5. The molecule has 0 radical (unpaired) electrons. The van der Waals surface area contributed by atoms with Crippen LogP contribution in [-0.2, 0) is 18.8 Å². The van der Waals surface area contributed by atoms with E-state index in [0.29, 0.717) is 0 Å². The number of rotatable bonds is 1. The van der Waals surface area contributed by atoms with Gasteiger partial charge in [-0.15, -0.1) is 0 Å². The van der Waals surface area contributed by atoms with Crippen LogP contribution in [0.5, 0.6) is 0 Å². The van der Waals surface area contributed by atoms with Gasteiger partial charge in [0.2, 0.25) is 0 Å². The Bertz CT molecular complexity index is 378. The Morgan fingerprint density at radius 2 is 1.80 bits per heavy atom. The van der Waals surface area contributed by atoms with Crippen molar-refractivity contribution in [2.45, 2.75) is 25.6 Å². The fourth-order valence-electron chi connectivity index (χ4n) is 1.24. The van der Waals surface area contributed by atoms with Crippen molar-refractivity contribution < 1.29 is 18.3 Å². The molecule has 0 spiro atoms. The van der Waals surface area contributed by atoms with Gasteiger partial charge in [0.05, 0.1) is 11.2 Å². The summed E-state index contributed by atoms with van der Waals surface area (Å²) in [5, 5.41) is 12.6. The Kier molecular flexibility index (Phi) is 2.78. The lowest BCUT2D eigenvalue weighted by Gasteiger charge is -2.18. The molecular weight excluding hydrogens is 233 g/mol. The molecule has 1 rings (SSSR count). The van der Waals surface area contributed by atoms with E-state index in [1.54, 1.807) is 0 Å². The van der Waals surface area contributed by atoms with Crippen LogP contribution in [0.1, 0.15) is 25.1 Å². The van der Waals surface area contributed by atoms with Crippen LogP contribution in [-0.4, -0.2) is 14.9 Å². The zero-order chi connectivity index (χ0) is 12.0. The van der Waals surface area contributed by atoms with Crippen LogP contribution < -0.4 is 0 Å².